The second-order valence-corrected chi connectivity index (χ2v) is 5.41. The minimum Gasteiger partial charge on any atom is -0.384 e. The Bertz CT molecular complexity index is 433. The molecule has 1 amide bonds. The van der Waals surface area contributed by atoms with Crippen LogP contribution in [0.25, 0.3) is 0 Å². The molecule has 0 aliphatic heterocycles. The Morgan fingerprint density at radius 3 is 2.83 bits per heavy atom. The summed E-state index contributed by atoms with van der Waals surface area (Å²) < 4.78 is 0. The summed E-state index contributed by atoms with van der Waals surface area (Å²) in [4.78, 5) is 15.9. The molecule has 3 unspecified atom stereocenters. The third-order valence-corrected chi connectivity index (χ3v) is 3.98. The van der Waals surface area contributed by atoms with Gasteiger partial charge in [0.2, 0.25) is 0 Å². The molecule has 1 saturated carbocycles. The quantitative estimate of drug-likeness (QED) is 0.842. The van der Waals surface area contributed by atoms with Gasteiger partial charge in [-0.25, -0.2) is 4.98 Å². The van der Waals surface area contributed by atoms with E-state index in [1.165, 1.54) is 6.42 Å². The van der Waals surface area contributed by atoms with E-state index in [0.717, 1.165) is 18.8 Å². The molecule has 1 aliphatic carbocycles. The van der Waals surface area contributed by atoms with Crippen LogP contribution >= 0.6 is 0 Å². The van der Waals surface area contributed by atoms with Crippen molar-refractivity contribution in [2.45, 2.75) is 39.2 Å². The van der Waals surface area contributed by atoms with E-state index in [1.54, 1.807) is 18.3 Å². The Labute approximate surface area is 108 Å². The zero-order valence-corrected chi connectivity index (χ0v) is 11.0. The number of nitrogens with one attached hydrogen (secondary N) is 1. The Kier molecular flexibility index (Phi) is 3.84. The molecule has 18 heavy (non-hydrogen) atoms. The summed E-state index contributed by atoms with van der Waals surface area (Å²) in [5.74, 6) is 1.77. The van der Waals surface area contributed by atoms with Crippen LogP contribution in [-0.2, 0) is 0 Å². The van der Waals surface area contributed by atoms with E-state index in [2.05, 4.69) is 24.1 Å². The van der Waals surface area contributed by atoms with Gasteiger partial charge in [0.1, 0.15) is 5.82 Å². The molecule has 0 radical (unpaired) electrons. The van der Waals surface area contributed by atoms with Crippen LogP contribution in [0.3, 0.4) is 0 Å². The molecule has 0 aromatic carbocycles. The number of anilines is 1. The average molecular weight is 247 g/mol. The predicted octanol–water partition coefficient (Wildman–Crippen LogP) is 2.22. The molecule has 1 aromatic heterocycles. The van der Waals surface area contributed by atoms with Gasteiger partial charge < -0.3 is 11.1 Å². The highest BCUT2D eigenvalue weighted by molar-refractivity contribution is 5.94. The van der Waals surface area contributed by atoms with Crippen molar-refractivity contribution in [3.8, 4) is 0 Å². The smallest absolute Gasteiger partial charge is 0.251 e. The van der Waals surface area contributed by atoms with Gasteiger partial charge in [-0.1, -0.05) is 13.8 Å². The maximum atomic E-state index is 12.1. The normalized spacial score (nSPS) is 27.8. The number of carbonyl (C=O) groups excluding carboxylic acids is 1. The summed E-state index contributed by atoms with van der Waals surface area (Å²) in [5.41, 5.74) is 6.17. The van der Waals surface area contributed by atoms with Crippen molar-refractivity contribution in [2.75, 3.05) is 5.73 Å². The zero-order chi connectivity index (χ0) is 13.1. The van der Waals surface area contributed by atoms with E-state index in [0.29, 0.717) is 17.3 Å². The van der Waals surface area contributed by atoms with E-state index in [4.69, 9.17) is 5.73 Å². The van der Waals surface area contributed by atoms with Crippen molar-refractivity contribution in [1.82, 2.24) is 10.3 Å². The van der Waals surface area contributed by atoms with E-state index in [-0.39, 0.29) is 11.9 Å². The highest BCUT2D eigenvalue weighted by atomic mass is 16.1. The molecule has 3 N–H and O–H groups in total. The zero-order valence-electron chi connectivity index (χ0n) is 11.0. The molecule has 1 aromatic rings. The second kappa shape index (κ2) is 5.38. The first-order chi connectivity index (χ1) is 8.56. The fourth-order valence-corrected chi connectivity index (χ4v) is 2.54. The number of rotatable bonds is 2. The van der Waals surface area contributed by atoms with Crippen molar-refractivity contribution in [3.05, 3.63) is 23.9 Å². The number of nitrogens with two attached hydrogens (primary N) is 1. The van der Waals surface area contributed by atoms with Crippen molar-refractivity contribution < 1.29 is 4.79 Å². The van der Waals surface area contributed by atoms with Crippen LogP contribution in [0.1, 0.15) is 43.5 Å². The van der Waals surface area contributed by atoms with E-state index >= 15 is 0 Å². The highest BCUT2D eigenvalue weighted by Crippen LogP contribution is 2.29. The Morgan fingerprint density at radius 1 is 1.39 bits per heavy atom. The average Bonchev–Trinajstić information content (AvgIpc) is 2.34. The molecule has 2 rings (SSSR count). The highest BCUT2D eigenvalue weighted by Gasteiger charge is 2.25. The third-order valence-electron chi connectivity index (χ3n) is 3.98. The number of hydrogen-bond acceptors (Lipinski definition) is 3. The van der Waals surface area contributed by atoms with Gasteiger partial charge in [0.25, 0.3) is 5.91 Å². The predicted molar refractivity (Wildman–Crippen MR) is 72.1 cm³/mol. The minimum atomic E-state index is -0.0455. The van der Waals surface area contributed by atoms with Crippen LogP contribution in [0.15, 0.2) is 18.3 Å². The van der Waals surface area contributed by atoms with Crippen LogP contribution in [0.4, 0.5) is 5.82 Å². The topological polar surface area (TPSA) is 68.0 Å². The largest absolute Gasteiger partial charge is 0.384 e. The molecule has 98 valence electrons. The van der Waals surface area contributed by atoms with Gasteiger partial charge in [-0.05, 0) is 43.2 Å². The van der Waals surface area contributed by atoms with Crippen molar-refractivity contribution in [2.24, 2.45) is 11.8 Å². The lowest BCUT2D eigenvalue weighted by Gasteiger charge is -2.32. The van der Waals surface area contributed by atoms with E-state index in [1.807, 2.05) is 0 Å². The Morgan fingerprint density at radius 2 is 2.17 bits per heavy atom. The summed E-state index contributed by atoms with van der Waals surface area (Å²) in [6.45, 7) is 4.54. The summed E-state index contributed by atoms with van der Waals surface area (Å²) in [7, 11) is 0. The monoisotopic (exact) mass is 247 g/mol. The number of pyridine rings is 1. The maximum absolute atomic E-state index is 12.1. The third kappa shape index (κ3) is 3.00. The summed E-state index contributed by atoms with van der Waals surface area (Å²) >= 11 is 0. The molecule has 1 heterocycles. The molecule has 4 nitrogen and oxygen atoms in total. The second-order valence-electron chi connectivity index (χ2n) is 5.41. The first-order valence-corrected chi connectivity index (χ1v) is 6.58. The lowest BCUT2D eigenvalue weighted by Crippen LogP contribution is -2.39. The maximum Gasteiger partial charge on any atom is 0.251 e. The van der Waals surface area contributed by atoms with Crippen molar-refractivity contribution in [3.63, 3.8) is 0 Å². The Hall–Kier alpha value is -1.58. The lowest BCUT2D eigenvalue weighted by atomic mass is 9.79. The number of aromatic nitrogens is 1. The van der Waals surface area contributed by atoms with Gasteiger partial charge in [-0.3, -0.25) is 4.79 Å². The number of carbonyl (C=O) groups is 1. The van der Waals surface area contributed by atoms with Gasteiger partial charge in [0, 0.05) is 17.8 Å². The first kappa shape index (κ1) is 12.9. The number of amides is 1. The molecule has 1 aliphatic rings. The molecule has 3 atom stereocenters. The van der Waals surface area contributed by atoms with E-state index < -0.39 is 0 Å². The van der Waals surface area contributed by atoms with Gasteiger partial charge in [0.15, 0.2) is 0 Å². The number of nitrogen functional groups attached to an aromatic ring is 1. The van der Waals surface area contributed by atoms with Crippen molar-refractivity contribution in [1.29, 1.82) is 0 Å². The van der Waals surface area contributed by atoms with Crippen LogP contribution in [0.5, 0.6) is 0 Å². The van der Waals surface area contributed by atoms with Crippen molar-refractivity contribution >= 4 is 11.7 Å². The number of nitrogens with zero attached hydrogens (tertiary/aromatic N) is 1. The molecule has 4 heteroatoms. The minimum absolute atomic E-state index is 0.0455. The van der Waals surface area contributed by atoms with Gasteiger partial charge in [-0.2, -0.15) is 0 Å². The van der Waals surface area contributed by atoms with Crippen LogP contribution < -0.4 is 11.1 Å². The molecule has 0 spiro atoms. The Balaban J connectivity index is 1.96. The van der Waals surface area contributed by atoms with E-state index in [9.17, 15) is 4.79 Å². The molecular weight excluding hydrogens is 226 g/mol. The molecular formula is C14H21N3O. The number of hydrogen-bond donors (Lipinski definition) is 2. The summed E-state index contributed by atoms with van der Waals surface area (Å²) in [5, 5.41) is 3.09. The van der Waals surface area contributed by atoms with Gasteiger partial charge >= 0.3 is 0 Å². The molecule has 0 bridgehead atoms. The SMILES string of the molecule is CC1CCC(NC(=O)c2ccnc(N)c2)CC1C. The molecule has 1 fully saturated rings. The fraction of sp³-hybridized carbons (Fsp3) is 0.571. The van der Waals surface area contributed by atoms with Gasteiger partial charge in [-0.15, -0.1) is 0 Å². The lowest BCUT2D eigenvalue weighted by molar-refractivity contribution is 0.0910. The fourth-order valence-electron chi connectivity index (χ4n) is 2.54. The molecule has 0 saturated heterocycles. The first-order valence-electron chi connectivity index (χ1n) is 6.58. The summed E-state index contributed by atoms with van der Waals surface area (Å²) in [6, 6.07) is 3.60. The van der Waals surface area contributed by atoms with Crippen LogP contribution in [-0.4, -0.2) is 16.9 Å². The standard InChI is InChI=1S/C14H21N3O/c1-9-3-4-12(7-10(9)2)17-14(18)11-5-6-16-13(15)8-11/h5-6,8-10,12H,3-4,7H2,1-2H3,(H2,15,16)(H,17,18). The van der Waals surface area contributed by atoms with Crippen LogP contribution in [0.2, 0.25) is 0 Å². The van der Waals surface area contributed by atoms with Gasteiger partial charge in [0.05, 0.1) is 0 Å². The van der Waals surface area contributed by atoms with Crippen LogP contribution in [0, 0.1) is 11.8 Å². The summed E-state index contributed by atoms with van der Waals surface area (Å²) in [6.07, 6.45) is 4.88.